The van der Waals surface area contributed by atoms with Crippen LogP contribution in [0.3, 0.4) is 0 Å². The van der Waals surface area contributed by atoms with Gasteiger partial charge in [-0.3, -0.25) is 0 Å². The van der Waals surface area contributed by atoms with Gasteiger partial charge in [-0.1, -0.05) is 17.7 Å². The summed E-state index contributed by atoms with van der Waals surface area (Å²) >= 11 is 6.25. The summed E-state index contributed by atoms with van der Waals surface area (Å²) < 4.78 is 5.14. The Bertz CT molecular complexity index is 410. The summed E-state index contributed by atoms with van der Waals surface area (Å²) in [4.78, 5) is 0. The molecule has 0 aliphatic heterocycles. The lowest BCUT2D eigenvalue weighted by molar-refractivity contribution is -0.0589. The van der Waals surface area contributed by atoms with E-state index >= 15 is 0 Å². The summed E-state index contributed by atoms with van der Waals surface area (Å²) in [5.74, 6) is 0.817. The second kappa shape index (κ2) is 2.69. The Morgan fingerprint density at radius 3 is 2.47 bits per heavy atom. The molecule has 2 bridgehead atoms. The lowest BCUT2D eigenvalue weighted by atomic mass is 9.38. The van der Waals surface area contributed by atoms with Gasteiger partial charge in [0.25, 0.3) is 0 Å². The van der Waals surface area contributed by atoms with E-state index in [1.165, 1.54) is 5.56 Å². The standard InChI is InChI=1S/C12H14ClNO/c1-15-8-2-3-9(10(13)4-8)11-5-12(14,6-11)7-11/h2-4H,5-7,14H2,1H3. The van der Waals surface area contributed by atoms with Gasteiger partial charge in [-0.25, -0.2) is 0 Å². The van der Waals surface area contributed by atoms with Gasteiger partial charge in [-0.15, -0.1) is 0 Å². The summed E-state index contributed by atoms with van der Waals surface area (Å²) in [6.45, 7) is 0. The van der Waals surface area contributed by atoms with Gasteiger partial charge in [0.2, 0.25) is 0 Å². The quantitative estimate of drug-likeness (QED) is 0.836. The first-order chi connectivity index (χ1) is 7.07. The lowest BCUT2D eigenvalue weighted by Crippen LogP contribution is -2.74. The first-order valence-corrected chi connectivity index (χ1v) is 5.58. The predicted octanol–water partition coefficient (Wildman–Crippen LogP) is 2.48. The van der Waals surface area contributed by atoms with E-state index in [1.54, 1.807) is 7.11 Å². The van der Waals surface area contributed by atoms with Crippen molar-refractivity contribution < 1.29 is 4.74 Å². The molecular formula is C12H14ClNO. The van der Waals surface area contributed by atoms with Crippen LogP contribution in [0.25, 0.3) is 0 Å². The molecule has 0 unspecified atom stereocenters. The van der Waals surface area contributed by atoms with E-state index in [2.05, 4.69) is 6.07 Å². The van der Waals surface area contributed by atoms with Gasteiger partial charge < -0.3 is 10.5 Å². The molecule has 0 aromatic heterocycles. The SMILES string of the molecule is COc1ccc(C23CC(N)(C2)C3)c(Cl)c1. The van der Waals surface area contributed by atoms with E-state index in [-0.39, 0.29) is 11.0 Å². The van der Waals surface area contributed by atoms with E-state index in [1.807, 2.05) is 12.1 Å². The normalized spacial score (nSPS) is 36.7. The van der Waals surface area contributed by atoms with Crippen LogP contribution in [-0.4, -0.2) is 12.6 Å². The third kappa shape index (κ3) is 1.15. The highest BCUT2D eigenvalue weighted by Gasteiger charge is 2.66. The number of hydrogen-bond donors (Lipinski definition) is 1. The van der Waals surface area contributed by atoms with Crippen LogP contribution in [0.1, 0.15) is 24.8 Å². The number of rotatable bonds is 2. The molecule has 80 valence electrons. The van der Waals surface area contributed by atoms with Crippen LogP contribution < -0.4 is 10.5 Å². The van der Waals surface area contributed by atoms with Crippen molar-refractivity contribution in [3.05, 3.63) is 28.8 Å². The first kappa shape index (κ1) is 9.49. The van der Waals surface area contributed by atoms with Crippen molar-refractivity contribution in [2.45, 2.75) is 30.2 Å². The molecule has 2 nitrogen and oxygen atoms in total. The fraction of sp³-hybridized carbons (Fsp3) is 0.500. The second-order valence-corrected chi connectivity index (χ2v) is 5.43. The van der Waals surface area contributed by atoms with E-state index in [4.69, 9.17) is 22.1 Å². The summed E-state index contributed by atoms with van der Waals surface area (Å²) in [5.41, 5.74) is 7.71. The van der Waals surface area contributed by atoms with Gasteiger partial charge in [0.1, 0.15) is 5.75 Å². The van der Waals surface area contributed by atoms with Gasteiger partial charge >= 0.3 is 0 Å². The van der Waals surface area contributed by atoms with E-state index in [0.717, 1.165) is 30.0 Å². The molecule has 3 aliphatic rings. The summed E-state index contributed by atoms with van der Waals surface area (Å²) in [7, 11) is 1.65. The minimum atomic E-state index is 0.128. The number of nitrogens with two attached hydrogens (primary N) is 1. The Labute approximate surface area is 94.4 Å². The van der Waals surface area contributed by atoms with Gasteiger partial charge in [0.15, 0.2) is 0 Å². The molecular weight excluding hydrogens is 210 g/mol. The molecule has 0 saturated heterocycles. The molecule has 0 amide bonds. The highest BCUT2D eigenvalue weighted by molar-refractivity contribution is 6.31. The zero-order valence-electron chi connectivity index (χ0n) is 8.72. The van der Waals surface area contributed by atoms with Crippen LogP contribution in [0.5, 0.6) is 5.75 Å². The average Bonchev–Trinajstić information content (AvgIpc) is 2.12. The fourth-order valence-electron chi connectivity index (χ4n) is 3.21. The molecule has 0 spiro atoms. The van der Waals surface area contributed by atoms with Crippen molar-refractivity contribution in [3.8, 4) is 5.75 Å². The Morgan fingerprint density at radius 2 is 2.00 bits per heavy atom. The van der Waals surface area contributed by atoms with Gasteiger partial charge in [0.05, 0.1) is 7.11 Å². The molecule has 3 saturated carbocycles. The molecule has 1 aromatic carbocycles. The van der Waals surface area contributed by atoms with Crippen molar-refractivity contribution in [3.63, 3.8) is 0 Å². The van der Waals surface area contributed by atoms with Crippen molar-refractivity contribution in [1.29, 1.82) is 0 Å². The molecule has 3 fully saturated rings. The predicted molar refractivity (Wildman–Crippen MR) is 60.5 cm³/mol. The Hall–Kier alpha value is -0.730. The second-order valence-electron chi connectivity index (χ2n) is 5.02. The molecule has 1 aromatic rings. The highest BCUT2D eigenvalue weighted by atomic mass is 35.5. The zero-order valence-corrected chi connectivity index (χ0v) is 9.47. The van der Waals surface area contributed by atoms with Crippen LogP contribution >= 0.6 is 11.6 Å². The largest absolute Gasteiger partial charge is 0.497 e. The number of halogens is 1. The molecule has 2 N–H and O–H groups in total. The van der Waals surface area contributed by atoms with E-state index < -0.39 is 0 Å². The van der Waals surface area contributed by atoms with E-state index in [9.17, 15) is 0 Å². The minimum absolute atomic E-state index is 0.128. The Morgan fingerprint density at radius 1 is 1.33 bits per heavy atom. The summed E-state index contributed by atoms with van der Waals surface area (Å²) in [6.07, 6.45) is 3.27. The third-order valence-corrected chi connectivity index (χ3v) is 4.13. The van der Waals surface area contributed by atoms with Crippen LogP contribution in [0.4, 0.5) is 0 Å². The fourth-order valence-corrected chi connectivity index (χ4v) is 3.58. The molecule has 0 atom stereocenters. The molecule has 4 rings (SSSR count). The average molecular weight is 224 g/mol. The van der Waals surface area contributed by atoms with Crippen molar-refractivity contribution >= 4 is 11.6 Å². The molecule has 3 aliphatic carbocycles. The van der Waals surface area contributed by atoms with E-state index in [0.29, 0.717) is 0 Å². The maximum absolute atomic E-state index is 6.25. The third-order valence-electron chi connectivity index (χ3n) is 3.82. The molecule has 15 heavy (non-hydrogen) atoms. The topological polar surface area (TPSA) is 35.2 Å². The highest BCUT2D eigenvalue weighted by Crippen LogP contribution is 2.67. The molecule has 0 heterocycles. The van der Waals surface area contributed by atoms with Crippen LogP contribution in [-0.2, 0) is 5.41 Å². The van der Waals surface area contributed by atoms with Crippen molar-refractivity contribution in [2.24, 2.45) is 5.73 Å². The minimum Gasteiger partial charge on any atom is -0.497 e. The van der Waals surface area contributed by atoms with Gasteiger partial charge in [-0.05, 0) is 37.0 Å². The molecule has 0 radical (unpaired) electrons. The number of hydrogen-bond acceptors (Lipinski definition) is 2. The van der Waals surface area contributed by atoms with Gasteiger partial charge in [-0.2, -0.15) is 0 Å². The number of methoxy groups -OCH3 is 1. The Balaban J connectivity index is 1.94. The monoisotopic (exact) mass is 223 g/mol. The maximum atomic E-state index is 6.25. The van der Waals surface area contributed by atoms with Crippen molar-refractivity contribution in [2.75, 3.05) is 7.11 Å². The van der Waals surface area contributed by atoms with Crippen LogP contribution in [0, 0.1) is 0 Å². The summed E-state index contributed by atoms with van der Waals surface area (Å²) in [6, 6.07) is 5.95. The first-order valence-electron chi connectivity index (χ1n) is 5.20. The number of benzene rings is 1. The number of ether oxygens (including phenoxy) is 1. The maximum Gasteiger partial charge on any atom is 0.120 e. The zero-order chi connectivity index (χ0) is 10.7. The van der Waals surface area contributed by atoms with Crippen LogP contribution in [0.15, 0.2) is 18.2 Å². The summed E-state index contributed by atoms with van der Waals surface area (Å²) in [5, 5.41) is 0.816. The van der Waals surface area contributed by atoms with Gasteiger partial charge in [0, 0.05) is 16.0 Å². The van der Waals surface area contributed by atoms with Crippen molar-refractivity contribution in [1.82, 2.24) is 0 Å². The smallest absolute Gasteiger partial charge is 0.120 e. The Kier molecular flexibility index (Phi) is 1.70. The lowest BCUT2D eigenvalue weighted by Gasteiger charge is -2.69. The van der Waals surface area contributed by atoms with Crippen LogP contribution in [0.2, 0.25) is 5.02 Å². The molecule has 3 heteroatoms.